The van der Waals surface area contributed by atoms with Gasteiger partial charge >= 0.3 is 0 Å². The Labute approximate surface area is 124 Å². The summed E-state index contributed by atoms with van der Waals surface area (Å²) in [6.45, 7) is 3.57. The van der Waals surface area contributed by atoms with E-state index in [4.69, 9.17) is 4.74 Å². The molecular weight excluding hydrogens is 324 g/mol. The van der Waals surface area contributed by atoms with Crippen molar-refractivity contribution in [1.82, 2.24) is 4.98 Å². The second-order valence-electron chi connectivity index (χ2n) is 4.36. The molecule has 0 atom stereocenters. The Hall–Kier alpha value is -1.95. The van der Waals surface area contributed by atoms with E-state index in [0.717, 1.165) is 4.47 Å². The van der Waals surface area contributed by atoms with Crippen molar-refractivity contribution in [3.63, 3.8) is 0 Å². The molecule has 0 spiro atoms. The molecule has 0 amide bonds. The van der Waals surface area contributed by atoms with E-state index in [1.165, 1.54) is 6.20 Å². The van der Waals surface area contributed by atoms with Gasteiger partial charge in [-0.25, -0.2) is 0 Å². The van der Waals surface area contributed by atoms with Crippen LogP contribution in [0.3, 0.4) is 0 Å². The van der Waals surface area contributed by atoms with Gasteiger partial charge in [-0.15, -0.1) is 0 Å². The van der Waals surface area contributed by atoms with Gasteiger partial charge in [-0.1, -0.05) is 15.9 Å². The molecule has 0 bridgehead atoms. The van der Waals surface area contributed by atoms with Crippen molar-refractivity contribution in [1.29, 1.82) is 0 Å². The molecule has 104 valence electrons. The Balaban J connectivity index is 2.20. The number of hydrogen-bond acceptors (Lipinski definition) is 4. The van der Waals surface area contributed by atoms with E-state index in [1.54, 1.807) is 13.8 Å². The monoisotopic (exact) mass is 336 g/mol. The molecular formula is C14H13BrN2O3. The smallest absolute Gasteiger partial charge is 0.278 e. The topological polar surface area (TPSA) is 65.3 Å². The van der Waals surface area contributed by atoms with Crippen LogP contribution in [-0.2, 0) is 6.61 Å². The van der Waals surface area contributed by atoms with Crippen LogP contribution >= 0.6 is 15.9 Å². The van der Waals surface area contributed by atoms with Crippen LogP contribution in [0.25, 0.3) is 0 Å². The van der Waals surface area contributed by atoms with Crippen LogP contribution in [0.4, 0.5) is 5.69 Å². The van der Waals surface area contributed by atoms with Crippen LogP contribution in [0.15, 0.2) is 34.9 Å². The van der Waals surface area contributed by atoms with E-state index in [1.807, 2.05) is 24.3 Å². The van der Waals surface area contributed by atoms with Gasteiger partial charge in [-0.3, -0.25) is 15.1 Å². The molecule has 0 unspecified atom stereocenters. The second kappa shape index (κ2) is 6.00. The van der Waals surface area contributed by atoms with Crippen LogP contribution in [0.5, 0.6) is 5.75 Å². The number of aromatic nitrogens is 1. The molecule has 0 radical (unpaired) electrons. The number of rotatable bonds is 4. The van der Waals surface area contributed by atoms with Crippen molar-refractivity contribution in [3.05, 3.63) is 61.9 Å². The predicted molar refractivity (Wildman–Crippen MR) is 78.8 cm³/mol. The molecule has 1 aromatic carbocycles. The Morgan fingerprint density at radius 2 is 1.95 bits per heavy atom. The molecule has 2 rings (SSSR count). The second-order valence-corrected chi connectivity index (χ2v) is 5.28. The zero-order valence-electron chi connectivity index (χ0n) is 11.1. The number of benzene rings is 1. The average molecular weight is 337 g/mol. The Morgan fingerprint density at radius 1 is 1.30 bits per heavy atom. The molecule has 6 heteroatoms. The van der Waals surface area contributed by atoms with E-state index in [-0.39, 0.29) is 17.2 Å². The normalized spacial score (nSPS) is 10.3. The summed E-state index contributed by atoms with van der Waals surface area (Å²) < 4.78 is 6.56. The van der Waals surface area contributed by atoms with Gasteiger partial charge in [-0.2, -0.15) is 0 Å². The number of nitrogens with zero attached hydrogens (tertiary/aromatic N) is 2. The molecule has 1 aromatic heterocycles. The van der Waals surface area contributed by atoms with Crippen LogP contribution in [0.2, 0.25) is 0 Å². The molecule has 1 heterocycles. The SMILES string of the molecule is Cc1cnc(COc2ccc(Br)cc2)c(C)c1[N+](=O)[O-]. The number of hydrogen-bond donors (Lipinski definition) is 0. The van der Waals surface area contributed by atoms with Crippen molar-refractivity contribution in [2.24, 2.45) is 0 Å². The van der Waals surface area contributed by atoms with Crippen LogP contribution in [0, 0.1) is 24.0 Å². The quantitative estimate of drug-likeness (QED) is 0.626. The average Bonchev–Trinajstić information content (AvgIpc) is 2.39. The molecule has 2 aromatic rings. The third kappa shape index (κ3) is 3.14. The molecule has 0 aliphatic heterocycles. The largest absolute Gasteiger partial charge is 0.487 e. The lowest BCUT2D eigenvalue weighted by molar-refractivity contribution is -0.386. The maximum absolute atomic E-state index is 11.0. The van der Waals surface area contributed by atoms with Crippen molar-refractivity contribution in [3.8, 4) is 5.75 Å². The summed E-state index contributed by atoms with van der Waals surface area (Å²) in [6, 6.07) is 7.38. The van der Waals surface area contributed by atoms with E-state index in [0.29, 0.717) is 22.6 Å². The number of nitro groups is 1. The summed E-state index contributed by atoms with van der Waals surface area (Å²) in [5.74, 6) is 0.692. The summed E-state index contributed by atoms with van der Waals surface area (Å²) in [6.07, 6.45) is 1.51. The molecule has 0 aliphatic rings. The third-order valence-corrected chi connectivity index (χ3v) is 3.48. The number of pyridine rings is 1. The summed E-state index contributed by atoms with van der Waals surface area (Å²) in [5.41, 5.74) is 1.78. The van der Waals surface area contributed by atoms with E-state index >= 15 is 0 Å². The van der Waals surface area contributed by atoms with Gasteiger partial charge in [0.15, 0.2) is 0 Å². The first-order chi connectivity index (χ1) is 9.49. The molecule has 20 heavy (non-hydrogen) atoms. The zero-order valence-corrected chi connectivity index (χ0v) is 12.7. The number of aryl methyl sites for hydroxylation is 1. The van der Waals surface area contributed by atoms with E-state index in [9.17, 15) is 10.1 Å². The summed E-state index contributed by atoms with van der Waals surface area (Å²) in [5, 5.41) is 11.0. The maximum atomic E-state index is 11.0. The van der Waals surface area contributed by atoms with Crippen LogP contribution in [-0.4, -0.2) is 9.91 Å². The highest BCUT2D eigenvalue weighted by Crippen LogP contribution is 2.25. The first-order valence-electron chi connectivity index (χ1n) is 5.97. The van der Waals surface area contributed by atoms with E-state index in [2.05, 4.69) is 20.9 Å². The molecule has 0 saturated carbocycles. The highest BCUT2D eigenvalue weighted by molar-refractivity contribution is 9.10. The van der Waals surface area contributed by atoms with Crippen LogP contribution in [0.1, 0.15) is 16.8 Å². The van der Waals surface area contributed by atoms with Crippen LogP contribution < -0.4 is 4.74 Å². The van der Waals surface area contributed by atoms with Gasteiger partial charge in [0.25, 0.3) is 5.69 Å². The van der Waals surface area contributed by atoms with Gasteiger partial charge in [0.1, 0.15) is 12.4 Å². The van der Waals surface area contributed by atoms with Crippen molar-refractivity contribution in [2.45, 2.75) is 20.5 Å². The molecule has 0 N–H and O–H groups in total. The van der Waals surface area contributed by atoms with Gasteiger partial charge in [0.2, 0.25) is 0 Å². The first-order valence-corrected chi connectivity index (χ1v) is 6.76. The summed E-state index contributed by atoms with van der Waals surface area (Å²) in [7, 11) is 0. The Kier molecular flexibility index (Phi) is 4.34. The molecule has 0 aliphatic carbocycles. The lowest BCUT2D eigenvalue weighted by Crippen LogP contribution is -2.05. The first kappa shape index (κ1) is 14.5. The molecule has 0 saturated heterocycles. The van der Waals surface area contributed by atoms with Crippen molar-refractivity contribution in [2.75, 3.05) is 0 Å². The lowest BCUT2D eigenvalue weighted by atomic mass is 10.1. The molecule has 0 fully saturated rings. The van der Waals surface area contributed by atoms with Gasteiger partial charge in [0.05, 0.1) is 16.2 Å². The number of halogens is 1. The Morgan fingerprint density at radius 3 is 2.55 bits per heavy atom. The highest BCUT2D eigenvalue weighted by atomic mass is 79.9. The fourth-order valence-corrected chi connectivity index (χ4v) is 2.14. The lowest BCUT2D eigenvalue weighted by Gasteiger charge is -2.09. The fourth-order valence-electron chi connectivity index (χ4n) is 1.87. The zero-order chi connectivity index (χ0) is 14.7. The third-order valence-electron chi connectivity index (χ3n) is 2.95. The van der Waals surface area contributed by atoms with Crippen molar-refractivity contribution < 1.29 is 9.66 Å². The fraction of sp³-hybridized carbons (Fsp3) is 0.214. The number of ether oxygens (including phenoxy) is 1. The standard InChI is InChI=1S/C14H13BrN2O3/c1-9-7-16-13(10(2)14(9)17(18)19)8-20-12-5-3-11(15)4-6-12/h3-7H,8H2,1-2H3. The van der Waals surface area contributed by atoms with Crippen molar-refractivity contribution >= 4 is 21.6 Å². The summed E-state index contributed by atoms with van der Waals surface area (Å²) in [4.78, 5) is 14.9. The van der Waals surface area contributed by atoms with Gasteiger partial charge < -0.3 is 4.74 Å². The summed E-state index contributed by atoms with van der Waals surface area (Å²) >= 11 is 3.34. The van der Waals surface area contributed by atoms with E-state index < -0.39 is 0 Å². The minimum atomic E-state index is -0.379. The predicted octanol–water partition coefficient (Wildman–Crippen LogP) is 3.95. The Bertz CT molecular complexity index is 642. The minimum absolute atomic E-state index is 0.106. The minimum Gasteiger partial charge on any atom is -0.487 e. The highest BCUT2D eigenvalue weighted by Gasteiger charge is 2.18. The molecule has 5 nitrogen and oxygen atoms in total. The maximum Gasteiger partial charge on any atom is 0.278 e. The van der Waals surface area contributed by atoms with Gasteiger partial charge in [-0.05, 0) is 38.1 Å². The van der Waals surface area contributed by atoms with Gasteiger partial charge in [0, 0.05) is 16.2 Å².